The number of carbonyl (C=O) groups is 1. The van der Waals surface area contributed by atoms with Crippen LogP contribution in [0.15, 0.2) is 52.5 Å². The quantitative estimate of drug-likeness (QED) is 0.483. The van der Waals surface area contributed by atoms with E-state index < -0.39 is 5.97 Å². The molecule has 0 aliphatic heterocycles. The zero-order valence-corrected chi connectivity index (χ0v) is 11.0. The van der Waals surface area contributed by atoms with Crippen LogP contribution in [0.5, 0.6) is 0 Å². The van der Waals surface area contributed by atoms with Gasteiger partial charge in [-0.1, -0.05) is 30.3 Å². The van der Waals surface area contributed by atoms with Gasteiger partial charge in [0.25, 0.3) is 0 Å². The van der Waals surface area contributed by atoms with Crippen LogP contribution in [0.2, 0.25) is 0 Å². The van der Waals surface area contributed by atoms with Crippen LogP contribution in [0, 0.1) is 11.3 Å². The molecule has 4 heteroatoms. The van der Waals surface area contributed by atoms with E-state index in [2.05, 4.69) is 0 Å². The van der Waals surface area contributed by atoms with Crippen molar-refractivity contribution in [3.05, 3.63) is 53.8 Å². The standard InChI is InChI=1S/C16H13NO3/c1-2-19-16(18)13(11-17)10-14-8-9-15(20-14)12-6-4-3-5-7-12/h3-10H,2H2,1H3/b13-10-. The van der Waals surface area contributed by atoms with E-state index in [1.807, 2.05) is 36.4 Å². The molecule has 0 atom stereocenters. The Morgan fingerprint density at radius 3 is 2.70 bits per heavy atom. The predicted octanol–water partition coefficient (Wildman–Crippen LogP) is 3.42. The first-order chi connectivity index (χ1) is 9.74. The molecule has 0 saturated heterocycles. The molecule has 0 amide bonds. The summed E-state index contributed by atoms with van der Waals surface area (Å²) in [7, 11) is 0. The Morgan fingerprint density at radius 1 is 1.30 bits per heavy atom. The molecule has 100 valence electrons. The van der Waals surface area contributed by atoms with Gasteiger partial charge in [-0.15, -0.1) is 0 Å². The molecular formula is C16H13NO3. The number of ether oxygens (including phenoxy) is 1. The molecule has 0 N–H and O–H groups in total. The minimum Gasteiger partial charge on any atom is -0.462 e. The molecule has 4 nitrogen and oxygen atoms in total. The first-order valence-corrected chi connectivity index (χ1v) is 6.18. The molecule has 2 rings (SSSR count). The summed E-state index contributed by atoms with van der Waals surface area (Å²) in [5, 5.41) is 8.95. The zero-order valence-electron chi connectivity index (χ0n) is 11.0. The van der Waals surface area contributed by atoms with E-state index in [-0.39, 0.29) is 12.2 Å². The van der Waals surface area contributed by atoms with Gasteiger partial charge in [0.2, 0.25) is 0 Å². The normalized spacial score (nSPS) is 10.9. The van der Waals surface area contributed by atoms with Gasteiger partial charge >= 0.3 is 5.97 Å². The highest BCUT2D eigenvalue weighted by Gasteiger charge is 2.11. The van der Waals surface area contributed by atoms with Crippen molar-refractivity contribution in [3.8, 4) is 17.4 Å². The zero-order chi connectivity index (χ0) is 14.4. The van der Waals surface area contributed by atoms with Crippen molar-refractivity contribution >= 4 is 12.0 Å². The molecule has 1 aromatic carbocycles. The molecule has 0 aliphatic rings. The molecule has 1 aromatic heterocycles. The van der Waals surface area contributed by atoms with Gasteiger partial charge in [0.15, 0.2) is 0 Å². The number of rotatable bonds is 4. The summed E-state index contributed by atoms with van der Waals surface area (Å²) in [4.78, 5) is 11.5. The van der Waals surface area contributed by atoms with Crippen LogP contribution >= 0.6 is 0 Å². The predicted molar refractivity (Wildman–Crippen MR) is 74.4 cm³/mol. The average molecular weight is 267 g/mol. The van der Waals surface area contributed by atoms with Crippen molar-refractivity contribution in [1.29, 1.82) is 5.26 Å². The maximum atomic E-state index is 11.5. The number of nitriles is 1. The maximum Gasteiger partial charge on any atom is 0.349 e. The monoisotopic (exact) mass is 267 g/mol. The fourth-order valence-corrected chi connectivity index (χ4v) is 1.68. The van der Waals surface area contributed by atoms with Gasteiger partial charge in [0.1, 0.15) is 23.2 Å². The fraction of sp³-hybridized carbons (Fsp3) is 0.125. The second-order valence-corrected chi connectivity index (χ2v) is 3.96. The first kappa shape index (κ1) is 13.6. The van der Waals surface area contributed by atoms with Crippen LogP contribution in [0.25, 0.3) is 17.4 Å². The van der Waals surface area contributed by atoms with Crippen LogP contribution in [0.1, 0.15) is 12.7 Å². The minimum atomic E-state index is -0.646. The van der Waals surface area contributed by atoms with Crippen molar-refractivity contribution in [1.82, 2.24) is 0 Å². The van der Waals surface area contributed by atoms with E-state index >= 15 is 0 Å². The number of benzene rings is 1. The van der Waals surface area contributed by atoms with E-state index in [1.165, 1.54) is 6.08 Å². The van der Waals surface area contributed by atoms with Crippen molar-refractivity contribution in [3.63, 3.8) is 0 Å². The van der Waals surface area contributed by atoms with Gasteiger partial charge in [-0.25, -0.2) is 4.79 Å². The Labute approximate surface area is 116 Å². The summed E-state index contributed by atoms with van der Waals surface area (Å²) in [5.41, 5.74) is 0.850. The smallest absolute Gasteiger partial charge is 0.349 e. The van der Waals surface area contributed by atoms with Crippen LogP contribution in [0.4, 0.5) is 0 Å². The van der Waals surface area contributed by atoms with E-state index in [0.29, 0.717) is 11.5 Å². The van der Waals surface area contributed by atoms with Crippen LogP contribution in [-0.4, -0.2) is 12.6 Å². The number of furan rings is 1. The molecule has 0 aliphatic carbocycles. The maximum absolute atomic E-state index is 11.5. The molecule has 2 aromatic rings. The molecule has 0 radical (unpaired) electrons. The summed E-state index contributed by atoms with van der Waals surface area (Å²) in [6.45, 7) is 1.92. The summed E-state index contributed by atoms with van der Waals surface area (Å²) >= 11 is 0. The highest BCUT2D eigenvalue weighted by molar-refractivity contribution is 5.97. The van der Waals surface area contributed by atoms with Gasteiger partial charge in [-0.2, -0.15) is 5.26 Å². The molecule has 0 bridgehead atoms. The number of hydrogen-bond donors (Lipinski definition) is 0. The van der Waals surface area contributed by atoms with Gasteiger partial charge in [0, 0.05) is 11.6 Å². The highest BCUT2D eigenvalue weighted by atomic mass is 16.5. The SMILES string of the molecule is CCOC(=O)/C(C#N)=C\c1ccc(-c2ccccc2)o1. The average Bonchev–Trinajstić information content (AvgIpc) is 2.94. The van der Waals surface area contributed by atoms with Gasteiger partial charge in [-0.05, 0) is 19.1 Å². The number of nitrogens with zero attached hydrogens (tertiary/aromatic N) is 1. The number of hydrogen-bond acceptors (Lipinski definition) is 4. The molecule has 0 saturated carbocycles. The van der Waals surface area contributed by atoms with Crippen molar-refractivity contribution in [2.24, 2.45) is 0 Å². The van der Waals surface area contributed by atoms with Crippen molar-refractivity contribution in [2.45, 2.75) is 6.92 Å². The van der Waals surface area contributed by atoms with Gasteiger partial charge in [0.05, 0.1) is 6.61 Å². The number of esters is 1. The lowest BCUT2D eigenvalue weighted by atomic mass is 10.2. The third-order valence-electron chi connectivity index (χ3n) is 2.59. The Hall–Kier alpha value is -2.80. The van der Waals surface area contributed by atoms with Crippen LogP contribution < -0.4 is 0 Å². The lowest BCUT2D eigenvalue weighted by Gasteiger charge is -1.98. The third kappa shape index (κ3) is 3.15. The Kier molecular flexibility index (Phi) is 4.35. The largest absolute Gasteiger partial charge is 0.462 e. The topological polar surface area (TPSA) is 63.2 Å². The molecule has 0 spiro atoms. The number of carbonyl (C=O) groups excluding carboxylic acids is 1. The van der Waals surface area contributed by atoms with E-state index in [4.69, 9.17) is 14.4 Å². The Bertz CT molecular complexity index is 663. The molecule has 1 heterocycles. The summed E-state index contributed by atoms with van der Waals surface area (Å²) < 4.78 is 10.4. The van der Waals surface area contributed by atoms with Crippen molar-refractivity contribution in [2.75, 3.05) is 6.61 Å². The minimum absolute atomic E-state index is 0.0826. The lowest BCUT2D eigenvalue weighted by Crippen LogP contribution is -2.05. The summed E-state index contributed by atoms with van der Waals surface area (Å²) in [6, 6.07) is 14.9. The third-order valence-corrected chi connectivity index (χ3v) is 2.59. The van der Waals surface area contributed by atoms with Gasteiger partial charge in [-0.3, -0.25) is 0 Å². The van der Waals surface area contributed by atoms with Crippen LogP contribution in [-0.2, 0) is 9.53 Å². The molecular weight excluding hydrogens is 254 g/mol. The summed E-state index contributed by atoms with van der Waals surface area (Å²) in [6.07, 6.45) is 1.38. The fourth-order valence-electron chi connectivity index (χ4n) is 1.68. The molecule has 0 unspecified atom stereocenters. The van der Waals surface area contributed by atoms with E-state index in [0.717, 1.165) is 5.56 Å². The Morgan fingerprint density at radius 2 is 2.05 bits per heavy atom. The van der Waals surface area contributed by atoms with Gasteiger partial charge < -0.3 is 9.15 Å². The van der Waals surface area contributed by atoms with Crippen molar-refractivity contribution < 1.29 is 13.9 Å². The second-order valence-electron chi connectivity index (χ2n) is 3.96. The van der Waals surface area contributed by atoms with E-state index in [9.17, 15) is 4.79 Å². The van der Waals surface area contributed by atoms with Crippen LogP contribution in [0.3, 0.4) is 0 Å². The Balaban J connectivity index is 2.25. The summed E-state index contributed by atoms with van der Waals surface area (Å²) in [5.74, 6) is 0.471. The lowest BCUT2D eigenvalue weighted by molar-refractivity contribution is -0.137. The second kappa shape index (κ2) is 6.39. The first-order valence-electron chi connectivity index (χ1n) is 6.18. The highest BCUT2D eigenvalue weighted by Crippen LogP contribution is 2.23. The molecule has 0 fully saturated rings. The molecule has 20 heavy (non-hydrogen) atoms. The van der Waals surface area contributed by atoms with E-state index in [1.54, 1.807) is 19.1 Å².